The van der Waals surface area contributed by atoms with Crippen LogP contribution in [0.2, 0.25) is 0 Å². The summed E-state index contributed by atoms with van der Waals surface area (Å²) < 4.78 is 19.3. The van der Waals surface area contributed by atoms with Gasteiger partial charge in [-0.2, -0.15) is 0 Å². The molecule has 130 valence electrons. The maximum Gasteiger partial charge on any atom is 0.263 e. The first-order chi connectivity index (χ1) is 10.5. The standard InChI is InChI=1S/C16H22BrFN2O2.ClH/c1-11(22-15-4-3-13(18)9-14(15)17)16(21)20-7-5-12(6-8-20)10-19-2;/h3-4,9,11-12,19H,5-8,10H2,1-2H3;1H. The highest BCUT2D eigenvalue weighted by molar-refractivity contribution is 9.10. The summed E-state index contributed by atoms with van der Waals surface area (Å²) in [6, 6.07) is 4.18. The molecule has 23 heavy (non-hydrogen) atoms. The Labute approximate surface area is 151 Å². The second kappa shape index (κ2) is 9.45. The quantitative estimate of drug-likeness (QED) is 0.812. The van der Waals surface area contributed by atoms with Crippen LogP contribution >= 0.6 is 28.3 Å². The first kappa shape index (κ1) is 20.2. The van der Waals surface area contributed by atoms with Crippen molar-refractivity contribution in [1.29, 1.82) is 0 Å². The van der Waals surface area contributed by atoms with Gasteiger partial charge in [0.05, 0.1) is 4.47 Å². The van der Waals surface area contributed by atoms with Crippen molar-refractivity contribution < 1.29 is 13.9 Å². The Morgan fingerprint density at radius 2 is 2.13 bits per heavy atom. The summed E-state index contributed by atoms with van der Waals surface area (Å²) in [4.78, 5) is 14.3. The summed E-state index contributed by atoms with van der Waals surface area (Å²) in [7, 11) is 1.95. The van der Waals surface area contributed by atoms with Gasteiger partial charge in [0, 0.05) is 13.1 Å². The van der Waals surface area contributed by atoms with E-state index in [1.807, 2.05) is 11.9 Å². The number of amides is 1. The van der Waals surface area contributed by atoms with E-state index < -0.39 is 6.10 Å². The lowest BCUT2D eigenvalue weighted by Crippen LogP contribution is -2.45. The summed E-state index contributed by atoms with van der Waals surface area (Å²) in [5.74, 6) is 0.757. The molecular weight excluding hydrogens is 387 g/mol. The largest absolute Gasteiger partial charge is 0.480 e. The number of piperidine rings is 1. The van der Waals surface area contributed by atoms with E-state index in [9.17, 15) is 9.18 Å². The van der Waals surface area contributed by atoms with E-state index in [1.54, 1.807) is 6.92 Å². The fourth-order valence-corrected chi connectivity index (χ4v) is 3.16. The normalized spacial score (nSPS) is 16.6. The highest BCUT2D eigenvalue weighted by Crippen LogP contribution is 2.27. The van der Waals surface area contributed by atoms with Crippen molar-refractivity contribution in [3.05, 3.63) is 28.5 Å². The number of carbonyl (C=O) groups is 1. The molecule has 0 saturated carbocycles. The van der Waals surface area contributed by atoms with Crippen LogP contribution in [0.4, 0.5) is 4.39 Å². The molecule has 1 heterocycles. The summed E-state index contributed by atoms with van der Waals surface area (Å²) >= 11 is 3.25. The third-order valence-corrected chi connectivity index (χ3v) is 4.58. The summed E-state index contributed by atoms with van der Waals surface area (Å²) in [5, 5.41) is 3.18. The van der Waals surface area contributed by atoms with Crippen LogP contribution in [0.15, 0.2) is 22.7 Å². The molecule has 1 saturated heterocycles. The predicted octanol–water partition coefficient (Wildman–Crippen LogP) is 3.24. The number of hydrogen-bond donors (Lipinski definition) is 1. The van der Waals surface area contributed by atoms with Gasteiger partial charge in [-0.15, -0.1) is 12.4 Å². The van der Waals surface area contributed by atoms with Crippen molar-refractivity contribution in [1.82, 2.24) is 10.2 Å². The zero-order valence-electron chi connectivity index (χ0n) is 13.4. The van der Waals surface area contributed by atoms with Gasteiger partial charge in [-0.05, 0) is 73.4 Å². The van der Waals surface area contributed by atoms with Crippen LogP contribution in [0.1, 0.15) is 19.8 Å². The number of nitrogens with zero attached hydrogens (tertiary/aromatic N) is 1. The highest BCUT2D eigenvalue weighted by atomic mass is 79.9. The van der Waals surface area contributed by atoms with E-state index >= 15 is 0 Å². The molecule has 1 amide bonds. The van der Waals surface area contributed by atoms with Crippen LogP contribution in [0.25, 0.3) is 0 Å². The van der Waals surface area contributed by atoms with E-state index in [0.29, 0.717) is 16.1 Å². The fourth-order valence-electron chi connectivity index (χ4n) is 2.71. The Balaban J connectivity index is 0.00000264. The third kappa shape index (κ3) is 5.62. The van der Waals surface area contributed by atoms with Crippen molar-refractivity contribution in [2.45, 2.75) is 25.9 Å². The van der Waals surface area contributed by atoms with Gasteiger partial charge >= 0.3 is 0 Å². The van der Waals surface area contributed by atoms with Crippen molar-refractivity contribution >= 4 is 34.2 Å². The molecule has 1 aromatic carbocycles. The van der Waals surface area contributed by atoms with Crippen molar-refractivity contribution in [3.63, 3.8) is 0 Å². The van der Waals surface area contributed by atoms with Gasteiger partial charge in [0.2, 0.25) is 0 Å². The molecule has 0 aromatic heterocycles. The van der Waals surface area contributed by atoms with Crippen LogP contribution in [-0.2, 0) is 4.79 Å². The molecule has 1 N–H and O–H groups in total. The molecule has 7 heteroatoms. The Hall–Kier alpha value is -0.850. The number of carbonyl (C=O) groups excluding carboxylic acids is 1. The number of ether oxygens (including phenoxy) is 1. The van der Waals surface area contributed by atoms with E-state index in [2.05, 4.69) is 21.2 Å². The number of likely N-dealkylation sites (tertiary alicyclic amines) is 1. The summed E-state index contributed by atoms with van der Waals surface area (Å²) in [6.45, 7) is 4.27. The lowest BCUT2D eigenvalue weighted by Gasteiger charge is -2.33. The molecule has 0 radical (unpaired) electrons. The lowest BCUT2D eigenvalue weighted by molar-refractivity contribution is -0.139. The summed E-state index contributed by atoms with van der Waals surface area (Å²) in [5.41, 5.74) is 0. The first-order valence-electron chi connectivity index (χ1n) is 7.56. The maximum absolute atomic E-state index is 13.1. The van der Waals surface area contributed by atoms with E-state index in [4.69, 9.17) is 4.74 Å². The minimum Gasteiger partial charge on any atom is -0.480 e. The second-order valence-electron chi connectivity index (χ2n) is 5.66. The SMILES string of the molecule is CNCC1CCN(C(=O)C(C)Oc2ccc(F)cc2Br)CC1.Cl. The molecule has 1 fully saturated rings. The second-order valence-corrected chi connectivity index (χ2v) is 6.52. The van der Waals surface area contributed by atoms with Gasteiger partial charge in [0.25, 0.3) is 5.91 Å². The fraction of sp³-hybridized carbons (Fsp3) is 0.562. The molecule has 1 unspecified atom stereocenters. The molecule has 0 spiro atoms. The molecule has 1 aliphatic rings. The van der Waals surface area contributed by atoms with Gasteiger partial charge in [-0.3, -0.25) is 4.79 Å². The molecule has 0 bridgehead atoms. The average Bonchev–Trinajstić information content (AvgIpc) is 2.50. The molecular formula is C16H23BrClFN2O2. The zero-order chi connectivity index (χ0) is 16.1. The number of benzene rings is 1. The van der Waals surface area contributed by atoms with Gasteiger partial charge in [-0.1, -0.05) is 0 Å². The van der Waals surface area contributed by atoms with Gasteiger partial charge in [0.15, 0.2) is 6.10 Å². The van der Waals surface area contributed by atoms with Crippen LogP contribution in [-0.4, -0.2) is 43.6 Å². The molecule has 2 rings (SSSR count). The van der Waals surface area contributed by atoms with Crippen molar-refractivity contribution in [2.24, 2.45) is 5.92 Å². The minimum absolute atomic E-state index is 0. The molecule has 1 atom stereocenters. The molecule has 1 aromatic rings. The highest BCUT2D eigenvalue weighted by Gasteiger charge is 2.27. The number of hydrogen-bond acceptors (Lipinski definition) is 3. The molecule has 1 aliphatic heterocycles. The summed E-state index contributed by atoms with van der Waals surface area (Å²) in [6.07, 6.45) is 1.45. The van der Waals surface area contributed by atoms with Gasteiger partial charge < -0.3 is 15.0 Å². The van der Waals surface area contributed by atoms with E-state index in [-0.39, 0.29) is 24.1 Å². The Kier molecular flexibility index (Phi) is 8.29. The maximum atomic E-state index is 13.1. The monoisotopic (exact) mass is 408 g/mol. The zero-order valence-corrected chi connectivity index (χ0v) is 15.8. The van der Waals surface area contributed by atoms with Crippen molar-refractivity contribution in [3.8, 4) is 5.75 Å². The van der Waals surface area contributed by atoms with Crippen LogP contribution < -0.4 is 10.1 Å². The lowest BCUT2D eigenvalue weighted by atomic mass is 9.96. The molecule has 0 aliphatic carbocycles. The van der Waals surface area contributed by atoms with E-state index in [1.165, 1.54) is 18.2 Å². The minimum atomic E-state index is -0.581. The Morgan fingerprint density at radius 3 is 2.70 bits per heavy atom. The predicted molar refractivity (Wildman–Crippen MR) is 94.7 cm³/mol. The number of halogens is 3. The molecule has 4 nitrogen and oxygen atoms in total. The van der Waals surface area contributed by atoms with Crippen LogP contribution in [0.3, 0.4) is 0 Å². The number of nitrogens with one attached hydrogen (secondary N) is 1. The van der Waals surface area contributed by atoms with Gasteiger partial charge in [-0.25, -0.2) is 4.39 Å². The van der Waals surface area contributed by atoms with Crippen LogP contribution in [0.5, 0.6) is 5.75 Å². The van der Waals surface area contributed by atoms with Gasteiger partial charge in [0.1, 0.15) is 11.6 Å². The van der Waals surface area contributed by atoms with Crippen molar-refractivity contribution in [2.75, 3.05) is 26.7 Å². The smallest absolute Gasteiger partial charge is 0.263 e. The third-order valence-electron chi connectivity index (χ3n) is 3.96. The topological polar surface area (TPSA) is 41.6 Å². The number of rotatable bonds is 5. The first-order valence-corrected chi connectivity index (χ1v) is 8.35. The Morgan fingerprint density at radius 1 is 1.48 bits per heavy atom. The Bertz CT molecular complexity index is 525. The average molecular weight is 410 g/mol. The van der Waals surface area contributed by atoms with Crippen LogP contribution in [0, 0.1) is 11.7 Å². The van der Waals surface area contributed by atoms with E-state index in [0.717, 1.165) is 32.5 Å².